The first-order valence-electron chi connectivity index (χ1n) is 3.14. The molecule has 0 rings (SSSR count). The number of hydrogen-bond acceptors (Lipinski definition) is 4. The van der Waals surface area contributed by atoms with E-state index in [0.717, 1.165) is 0 Å². The van der Waals surface area contributed by atoms with Gasteiger partial charge in [-0.2, -0.15) is 0 Å². The molecule has 0 spiro atoms. The maximum absolute atomic E-state index is 10.7. The maximum atomic E-state index is 10.7. The van der Waals surface area contributed by atoms with E-state index >= 15 is 0 Å². The molecule has 0 fully saturated rings. The standard InChI is InChI=1S/C6H7BrO6/c7-5(12)6(13,1-3(8)9)2-4(10)11/h13H,1-2H2,(H,8,9)(H,10,11). The van der Waals surface area contributed by atoms with E-state index in [2.05, 4.69) is 15.9 Å². The molecule has 0 atom stereocenters. The van der Waals surface area contributed by atoms with Gasteiger partial charge in [0.15, 0.2) is 5.60 Å². The Morgan fingerprint density at radius 2 is 1.38 bits per heavy atom. The van der Waals surface area contributed by atoms with E-state index in [1.807, 2.05) is 0 Å². The first-order valence-corrected chi connectivity index (χ1v) is 3.93. The SMILES string of the molecule is O=C(O)CC(O)(CC(=O)O)C(=O)Br. The number of carboxylic acid groups (broad SMARTS) is 2. The van der Waals surface area contributed by atoms with Crippen molar-refractivity contribution in [1.82, 2.24) is 0 Å². The van der Waals surface area contributed by atoms with Gasteiger partial charge in [0.05, 0.1) is 12.8 Å². The molecule has 0 aromatic rings. The summed E-state index contributed by atoms with van der Waals surface area (Å²) in [5.41, 5.74) is -2.38. The van der Waals surface area contributed by atoms with Gasteiger partial charge in [0.1, 0.15) is 0 Å². The molecule has 0 aromatic carbocycles. The highest BCUT2D eigenvalue weighted by Gasteiger charge is 2.39. The number of carboxylic acids is 2. The van der Waals surface area contributed by atoms with Gasteiger partial charge in [-0.05, 0) is 15.9 Å². The lowest BCUT2D eigenvalue weighted by Crippen LogP contribution is -2.40. The summed E-state index contributed by atoms with van der Waals surface area (Å²) in [6.45, 7) is 0. The van der Waals surface area contributed by atoms with Gasteiger partial charge in [0.25, 0.3) is 0 Å². The zero-order chi connectivity index (χ0) is 10.6. The zero-order valence-corrected chi connectivity index (χ0v) is 7.94. The summed E-state index contributed by atoms with van der Waals surface area (Å²) >= 11 is 2.34. The molecule has 0 unspecified atom stereocenters. The number of aliphatic hydroxyl groups is 1. The topological polar surface area (TPSA) is 112 Å². The van der Waals surface area contributed by atoms with E-state index in [9.17, 15) is 19.5 Å². The summed E-state index contributed by atoms with van der Waals surface area (Å²) in [5.74, 6) is -2.90. The Labute approximate surface area is 81.3 Å². The highest BCUT2D eigenvalue weighted by molar-refractivity contribution is 9.18. The van der Waals surface area contributed by atoms with Crippen molar-refractivity contribution in [1.29, 1.82) is 0 Å². The minimum absolute atomic E-state index is 0.941. The van der Waals surface area contributed by atoms with Crippen LogP contribution in [0.15, 0.2) is 0 Å². The summed E-state index contributed by atoms with van der Waals surface area (Å²) in [5, 5.41) is 25.8. The molecule has 0 aliphatic heterocycles. The summed E-state index contributed by atoms with van der Waals surface area (Å²) in [4.78, 5) is 31.0. The third-order valence-corrected chi connectivity index (χ3v) is 1.99. The summed E-state index contributed by atoms with van der Waals surface area (Å²) in [6, 6.07) is 0. The Bertz CT molecular complexity index is 232. The number of aliphatic carboxylic acids is 2. The van der Waals surface area contributed by atoms with Crippen molar-refractivity contribution >= 4 is 32.6 Å². The van der Waals surface area contributed by atoms with Gasteiger partial charge in [0, 0.05) is 0 Å². The van der Waals surface area contributed by atoms with Crippen molar-refractivity contribution in [3.8, 4) is 0 Å². The fourth-order valence-corrected chi connectivity index (χ4v) is 0.982. The van der Waals surface area contributed by atoms with Crippen molar-refractivity contribution in [2.24, 2.45) is 0 Å². The predicted molar refractivity (Wildman–Crippen MR) is 43.4 cm³/mol. The second-order valence-electron chi connectivity index (χ2n) is 2.45. The number of halogens is 1. The molecule has 0 heterocycles. The Kier molecular flexibility index (Phi) is 4.02. The Balaban J connectivity index is 4.62. The first-order chi connectivity index (χ1) is 5.78. The van der Waals surface area contributed by atoms with Crippen molar-refractivity contribution in [2.45, 2.75) is 18.4 Å². The molecule has 0 saturated heterocycles. The van der Waals surface area contributed by atoms with Crippen molar-refractivity contribution in [3.63, 3.8) is 0 Å². The molecule has 0 aliphatic rings. The lowest BCUT2D eigenvalue weighted by Gasteiger charge is -2.19. The highest BCUT2D eigenvalue weighted by atomic mass is 79.9. The largest absolute Gasteiger partial charge is 0.481 e. The molecule has 6 nitrogen and oxygen atoms in total. The van der Waals surface area contributed by atoms with E-state index < -0.39 is 35.1 Å². The molecule has 74 valence electrons. The van der Waals surface area contributed by atoms with Crippen molar-refractivity contribution in [2.75, 3.05) is 0 Å². The molecule has 0 bridgehead atoms. The monoisotopic (exact) mass is 254 g/mol. The smallest absolute Gasteiger partial charge is 0.306 e. The van der Waals surface area contributed by atoms with Crippen LogP contribution in [-0.2, 0) is 14.4 Å². The Morgan fingerprint density at radius 3 is 1.54 bits per heavy atom. The third kappa shape index (κ3) is 4.00. The van der Waals surface area contributed by atoms with E-state index in [1.165, 1.54) is 0 Å². The average molecular weight is 255 g/mol. The normalized spacial score (nSPS) is 10.9. The highest BCUT2D eigenvalue weighted by Crippen LogP contribution is 2.20. The minimum atomic E-state index is -2.38. The number of carbonyl (C=O) groups excluding carboxylic acids is 1. The molecule has 0 amide bonds. The number of carbonyl (C=O) groups is 3. The lowest BCUT2D eigenvalue weighted by molar-refractivity contribution is -0.153. The molecule has 0 saturated carbocycles. The fourth-order valence-electron chi connectivity index (χ4n) is 0.702. The van der Waals surface area contributed by atoms with E-state index in [1.54, 1.807) is 0 Å². The maximum Gasteiger partial charge on any atom is 0.306 e. The van der Waals surface area contributed by atoms with Crippen LogP contribution in [0.5, 0.6) is 0 Å². The number of hydrogen-bond donors (Lipinski definition) is 3. The van der Waals surface area contributed by atoms with E-state index in [4.69, 9.17) is 10.2 Å². The van der Waals surface area contributed by atoms with Gasteiger partial charge >= 0.3 is 11.9 Å². The molecule has 7 heteroatoms. The molecule has 0 aliphatic carbocycles. The van der Waals surface area contributed by atoms with Crippen molar-refractivity contribution < 1.29 is 29.7 Å². The van der Waals surface area contributed by atoms with Crippen LogP contribution in [0.4, 0.5) is 0 Å². The van der Waals surface area contributed by atoms with Crippen LogP contribution < -0.4 is 0 Å². The van der Waals surface area contributed by atoms with E-state index in [-0.39, 0.29) is 0 Å². The van der Waals surface area contributed by atoms with Gasteiger partial charge in [-0.1, -0.05) is 0 Å². The predicted octanol–water partition coefficient (Wildman–Crippen LogP) is -0.412. The molecule has 3 N–H and O–H groups in total. The van der Waals surface area contributed by atoms with Crippen molar-refractivity contribution in [3.05, 3.63) is 0 Å². The summed E-state index contributed by atoms with van der Waals surface area (Å²) in [7, 11) is 0. The summed E-state index contributed by atoms with van der Waals surface area (Å²) in [6.07, 6.45) is -1.88. The molecule has 13 heavy (non-hydrogen) atoms. The van der Waals surface area contributed by atoms with Gasteiger partial charge in [-0.3, -0.25) is 14.4 Å². The van der Waals surface area contributed by atoms with Crippen LogP contribution in [0.3, 0.4) is 0 Å². The van der Waals surface area contributed by atoms with Gasteiger partial charge < -0.3 is 15.3 Å². The Morgan fingerprint density at radius 1 is 1.08 bits per heavy atom. The molecule has 0 aromatic heterocycles. The second kappa shape index (κ2) is 4.33. The number of rotatable bonds is 5. The molecular formula is C6H7BrO6. The summed E-state index contributed by atoms with van der Waals surface area (Å²) < 4.78 is -1.05. The van der Waals surface area contributed by atoms with Crippen LogP contribution in [-0.4, -0.2) is 37.6 Å². The van der Waals surface area contributed by atoms with Crippen LogP contribution >= 0.6 is 15.9 Å². The van der Waals surface area contributed by atoms with Gasteiger partial charge in [-0.15, -0.1) is 0 Å². The third-order valence-electron chi connectivity index (χ3n) is 1.25. The van der Waals surface area contributed by atoms with Crippen LogP contribution in [0.25, 0.3) is 0 Å². The minimum Gasteiger partial charge on any atom is -0.481 e. The van der Waals surface area contributed by atoms with Gasteiger partial charge in [-0.25, -0.2) is 0 Å². The average Bonchev–Trinajstić information content (AvgIpc) is 1.82. The van der Waals surface area contributed by atoms with Crippen LogP contribution in [0, 0.1) is 0 Å². The quantitative estimate of drug-likeness (QED) is 0.575. The fraction of sp³-hybridized carbons (Fsp3) is 0.500. The second-order valence-corrected chi connectivity index (χ2v) is 3.17. The van der Waals surface area contributed by atoms with Crippen LogP contribution in [0.1, 0.15) is 12.8 Å². The van der Waals surface area contributed by atoms with Gasteiger partial charge in [0.2, 0.25) is 4.69 Å². The van der Waals surface area contributed by atoms with Crippen LogP contribution in [0.2, 0.25) is 0 Å². The first kappa shape index (κ1) is 12.0. The molecular weight excluding hydrogens is 248 g/mol. The van der Waals surface area contributed by atoms with E-state index in [0.29, 0.717) is 0 Å². The molecule has 0 radical (unpaired) electrons. The zero-order valence-electron chi connectivity index (χ0n) is 6.36. The Hall–Kier alpha value is -0.950. The lowest BCUT2D eigenvalue weighted by atomic mass is 9.98.